The zero-order chi connectivity index (χ0) is 17.7. The van der Waals surface area contributed by atoms with Crippen molar-refractivity contribution in [3.8, 4) is 0 Å². The maximum atomic E-state index is 10.5. The number of hydrogen-bond donors (Lipinski definition) is 8. The lowest BCUT2D eigenvalue weighted by Gasteiger charge is -2.42. The Morgan fingerprint density at radius 2 is 1.78 bits per heavy atom. The average molecular weight is 341 g/mol. The van der Waals surface area contributed by atoms with Gasteiger partial charge in [0.05, 0.1) is 19.3 Å². The van der Waals surface area contributed by atoms with Crippen LogP contribution < -0.4 is 5.73 Å². The summed E-state index contributed by atoms with van der Waals surface area (Å²) >= 11 is 0. The molecule has 0 aromatic rings. The van der Waals surface area contributed by atoms with Crippen LogP contribution in [0.1, 0.15) is 0 Å². The molecule has 0 radical (unpaired) electrons. The number of aliphatic hydroxyl groups is 7. The molecule has 1 rings (SSSR count). The van der Waals surface area contributed by atoms with Crippen molar-refractivity contribution in [1.29, 1.82) is 0 Å². The van der Waals surface area contributed by atoms with E-state index in [0.29, 0.717) is 0 Å². The van der Waals surface area contributed by atoms with Gasteiger partial charge in [-0.1, -0.05) is 0 Å². The number of ether oxygens (including phenoxy) is 2. The third-order valence-electron chi connectivity index (χ3n) is 3.61. The summed E-state index contributed by atoms with van der Waals surface area (Å²) < 4.78 is 10.3. The first-order valence-corrected chi connectivity index (χ1v) is 6.92. The van der Waals surface area contributed by atoms with Gasteiger partial charge in [-0.05, 0) is 0 Å². The number of carbonyl (C=O) groups is 1. The Kier molecular flexibility index (Phi) is 7.89. The number of hydrogen-bond acceptors (Lipinski definition) is 11. The highest BCUT2D eigenvalue weighted by Crippen LogP contribution is 2.23. The third-order valence-corrected chi connectivity index (χ3v) is 3.61. The molecule has 0 bridgehead atoms. The number of carbonyl (C=O) groups excluding carboxylic acids is 1. The first-order chi connectivity index (χ1) is 10.8. The Hall–Kier alpha value is -0.730. The highest BCUT2D eigenvalue weighted by atomic mass is 16.7. The summed E-state index contributed by atoms with van der Waals surface area (Å²) in [6.45, 7) is -1.54. The molecule has 11 nitrogen and oxygen atoms in total. The second kappa shape index (κ2) is 8.94. The minimum Gasteiger partial charge on any atom is -0.394 e. The van der Waals surface area contributed by atoms with E-state index in [2.05, 4.69) is 0 Å². The van der Waals surface area contributed by atoms with Crippen LogP contribution in [-0.2, 0) is 14.3 Å². The summed E-state index contributed by atoms with van der Waals surface area (Å²) in [6.07, 6.45) is -13.0. The van der Waals surface area contributed by atoms with E-state index in [1.807, 2.05) is 0 Å². The topological polar surface area (TPSA) is 203 Å². The Bertz CT molecular complexity index is 370. The molecule has 0 aromatic heterocycles. The van der Waals surface area contributed by atoms with Crippen molar-refractivity contribution in [2.45, 2.75) is 55.1 Å². The summed E-state index contributed by atoms with van der Waals surface area (Å²) in [7, 11) is 0. The van der Waals surface area contributed by atoms with Crippen LogP contribution in [0.2, 0.25) is 0 Å². The second-order valence-electron chi connectivity index (χ2n) is 5.25. The molecular formula is C12H23NO10. The van der Waals surface area contributed by atoms with Crippen molar-refractivity contribution in [2.75, 3.05) is 13.2 Å². The molecule has 0 aromatic carbocycles. The van der Waals surface area contributed by atoms with E-state index < -0.39 is 68.3 Å². The minimum absolute atomic E-state index is 0.00189. The molecule has 0 amide bonds. The highest BCUT2D eigenvalue weighted by molar-refractivity contribution is 5.56. The van der Waals surface area contributed by atoms with Gasteiger partial charge < -0.3 is 55.7 Å². The van der Waals surface area contributed by atoms with Gasteiger partial charge in [-0.3, -0.25) is 0 Å². The first-order valence-electron chi connectivity index (χ1n) is 6.92. The van der Waals surface area contributed by atoms with Gasteiger partial charge in [-0.15, -0.1) is 0 Å². The lowest BCUT2D eigenvalue weighted by Crippen LogP contribution is -2.64. The molecule has 0 saturated carbocycles. The standard InChI is InChI=1S/C12H23NO10/c13-7-10(21)9(20)6(3-16)22-12(7)23-11(5(18)2-15)8(19)4(17)1-14/h1,4-12,15-21H,2-3,13H2/t4-,5-,6-,7-,8-,9-,10-,11-,12+/m1/s1. The van der Waals surface area contributed by atoms with E-state index in [9.17, 15) is 30.3 Å². The SMILES string of the molecule is N[C@H]1[C@H](O[C@@H]([C@H](O)[C@H](O)C=O)[C@H](O)CO)O[C@H](CO)[C@@H](O)[C@@H]1O. The normalized spacial score (nSPS) is 37.0. The van der Waals surface area contributed by atoms with E-state index in [4.69, 9.17) is 25.4 Å². The van der Waals surface area contributed by atoms with E-state index in [1.54, 1.807) is 0 Å². The van der Waals surface area contributed by atoms with Gasteiger partial charge in [-0.25, -0.2) is 0 Å². The van der Waals surface area contributed by atoms with E-state index in [0.717, 1.165) is 0 Å². The molecule has 11 heteroatoms. The quantitative estimate of drug-likeness (QED) is 0.195. The molecular weight excluding hydrogens is 318 g/mol. The molecule has 0 aliphatic carbocycles. The first kappa shape index (κ1) is 20.3. The zero-order valence-electron chi connectivity index (χ0n) is 12.1. The van der Waals surface area contributed by atoms with Gasteiger partial charge in [0.1, 0.15) is 42.7 Å². The maximum Gasteiger partial charge on any atom is 0.176 e. The molecule has 136 valence electrons. The lowest BCUT2D eigenvalue weighted by molar-refractivity contribution is -0.297. The van der Waals surface area contributed by atoms with Crippen molar-refractivity contribution in [3.63, 3.8) is 0 Å². The number of aliphatic hydroxyl groups excluding tert-OH is 7. The van der Waals surface area contributed by atoms with Crippen LogP contribution in [0.5, 0.6) is 0 Å². The predicted octanol–water partition coefficient (Wildman–Crippen LogP) is -5.59. The number of nitrogens with two attached hydrogens (primary N) is 1. The maximum absolute atomic E-state index is 10.5. The summed E-state index contributed by atoms with van der Waals surface area (Å²) in [5.41, 5.74) is 5.63. The van der Waals surface area contributed by atoms with Gasteiger partial charge in [0.2, 0.25) is 0 Å². The number of rotatable bonds is 8. The molecule has 0 spiro atoms. The fourth-order valence-electron chi connectivity index (χ4n) is 2.16. The smallest absolute Gasteiger partial charge is 0.176 e. The summed E-state index contributed by atoms with van der Waals surface area (Å²) in [4.78, 5) is 10.5. The molecule has 1 fully saturated rings. The number of aldehydes is 1. The van der Waals surface area contributed by atoms with E-state index in [1.165, 1.54) is 0 Å². The van der Waals surface area contributed by atoms with Crippen LogP contribution >= 0.6 is 0 Å². The van der Waals surface area contributed by atoms with Gasteiger partial charge in [-0.2, -0.15) is 0 Å². The molecule has 1 saturated heterocycles. The van der Waals surface area contributed by atoms with Gasteiger partial charge in [0.15, 0.2) is 12.6 Å². The second-order valence-corrected chi connectivity index (χ2v) is 5.25. The average Bonchev–Trinajstić information content (AvgIpc) is 2.57. The highest BCUT2D eigenvalue weighted by Gasteiger charge is 2.45. The fourth-order valence-corrected chi connectivity index (χ4v) is 2.16. The Balaban J connectivity index is 2.91. The molecule has 9 atom stereocenters. The van der Waals surface area contributed by atoms with Crippen LogP contribution in [0, 0.1) is 0 Å². The zero-order valence-corrected chi connectivity index (χ0v) is 12.1. The van der Waals surface area contributed by atoms with Crippen molar-refractivity contribution < 1.29 is 50.0 Å². The van der Waals surface area contributed by atoms with Crippen molar-refractivity contribution in [3.05, 3.63) is 0 Å². The van der Waals surface area contributed by atoms with Crippen LogP contribution in [0.4, 0.5) is 0 Å². The largest absolute Gasteiger partial charge is 0.394 e. The van der Waals surface area contributed by atoms with Crippen LogP contribution in [0.15, 0.2) is 0 Å². The van der Waals surface area contributed by atoms with Crippen molar-refractivity contribution in [2.24, 2.45) is 5.73 Å². The molecule has 1 aliphatic rings. The fraction of sp³-hybridized carbons (Fsp3) is 0.917. The third kappa shape index (κ3) is 4.64. The molecule has 1 aliphatic heterocycles. The molecule has 9 N–H and O–H groups in total. The van der Waals surface area contributed by atoms with Gasteiger partial charge in [0.25, 0.3) is 0 Å². The van der Waals surface area contributed by atoms with Crippen molar-refractivity contribution >= 4 is 6.29 Å². The molecule has 1 heterocycles. The minimum atomic E-state index is -1.91. The van der Waals surface area contributed by atoms with Crippen LogP contribution in [0.3, 0.4) is 0 Å². The molecule has 0 unspecified atom stereocenters. The van der Waals surface area contributed by atoms with Gasteiger partial charge >= 0.3 is 0 Å². The Morgan fingerprint density at radius 3 is 2.26 bits per heavy atom. The summed E-state index contributed by atoms with van der Waals surface area (Å²) in [5, 5.41) is 66.3. The van der Waals surface area contributed by atoms with Gasteiger partial charge in [0, 0.05) is 0 Å². The molecule has 23 heavy (non-hydrogen) atoms. The Labute approximate surface area is 131 Å². The monoisotopic (exact) mass is 341 g/mol. The van der Waals surface area contributed by atoms with E-state index in [-0.39, 0.29) is 6.29 Å². The summed E-state index contributed by atoms with van der Waals surface area (Å²) in [5.74, 6) is 0. The Morgan fingerprint density at radius 1 is 1.17 bits per heavy atom. The van der Waals surface area contributed by atoms with Crippen LogP contribution in [-0.4, -0.2) is 110 Å². The van der Waals surface area contributed by atoms with E-state index >= 15 is 0 Å². The predicted molar refractivity (Wildman–Crippen MR) is 71.8 cm³/mol. The van der Waals surface area contributed by atoms with Crippen LogP contribution in [0.25, 0.3) is 0 Å². The summed E-state index contributed by atoms with van der Waals surface area (Å²) in [6, 6.07) is -1.32. The lowest BCUT2D eigenvalue weighted by atomic mass is 9.97. The van der Waals surface area contributed by atoms with Crippen molar-refractivity contribution in [1.82, 2.24) is 0 Å².